The first-order valence-corrected chi connectivity index (χ1v) is 7.13. The van der Waals surface area contributed by atoms with Gasteiger partial charge in [-0.2, -0.15) is 10.1 Å². The summed E-state index contributed by atoms with van der Waals surface area (Å²) < 4.78 is 7.17. The van der Waals surface area contributed by atoms with Crippen LogP contribution < -0.4 is 0 Å². The highest BCUT2D eigenvalue weighted by atomic mass is 16.5. The van der Waals surface area contributed by atoms with Gasteiger partial charge in [-0.05, 0) is 45.3 Å². The summed E-state index contributed by atoms with van der Waals surface area (Å²) in [5.74, 6) is 1.94. The molecule has 108 valence electrons. The van der Waals surface area contributed by atoms with Crippen LogP contribution in [0.2, 0.25) is 0 Å². The quantitative estimate of drug-likeness (QED) is 0.855. The van der Waals surface area contributed by atoms with E-state index in [0.29, 0.717) is 5.92 Å². The summed E-state index contributed by atoms with van der Waals surface area (Å²) in [7, 11) is 1.97. The second-order valence-electron chi connectivity index (χ2n) is 5.66. The average Bonchev–Trinajstić information content (AvgIpc) is 2.97. The average molecular weight is 275 g/mol. The number of aromatic nitrogens is 4. The van der Waals surface area contributed by atoms with Gasteiger partial charge in [0.05, 0.1) is 5.69 Å². The highest BCUT2D eigenvalue weighted by Gasteiger charge is 2.25. The molecule has 0 aliphatic carbocycles. The van der Waals surface area contributed by atoms with E-state index in [9.17, 15) is 0 Å². The Bertz CT molecular complexity index is 580. The number of piperidine rings is 1. The fourth-order valence-corrected chi connectivity index (χ4v) is 2.84. The van der Waals surface area contributed by atoms with Gasteiger partial charge in [-0.15, -0.1) is 0 Å². The SMILES string of the molecule is Cc1noc(C2CCN(Cc3nn(C)cc3C)CC2)n1. The minimum absolute atomic E-state index is 0.414. The monoisotopic (exact) mass is 275 g/mol. The van der Waals surface area contributed by atoms with Crippen molar-refractivity contribution in [2.45, 2.75) is 39.2 Å². The molecule has 1 fully saturated rings. The van der Waals surface area contributed by atoms with Crippen LogP contribution in [0, 0.1) is 13.8 Å². The standard InChI is InChI=1S/C14H21N5O/c1-10-8-18(3)16-13(10)9-19-6-4-12(5-7-19)14-15-11(2)17-20-14/h8,12H,4-7,9H2,1-3H3. The summed E-state index contributed by atoms with van der Waals surface area (Å²) in [5, 5.41) is 8.40. The third kappa shape index (κ3) is 2.75. The van der Waals surface area contributed by atoms with Crippen molar-refractivity contribution in [1.82, 2.24) is 24.8 Å². The van der Waals surface area contributed by atoms with Gasteiger partial charge in [0.25, 0.3) is 0 Å². The van der Waals surface area contributed by atoms with Crippen molar-refractivity contribution < 1.29 is 4.52 Å². The Balaban J connectivity index is 1.57. The van der Waals surface area contributed by atoms with Crippen LogP contribution in [0.3, 0.4) is 0 Å². The van der Waals surface area contributed by atoms with Crippen LogP contribution in [-0.2, 0) is 13.6 Å². The second-order valence-corrected chi connectivity index (χ2v) is 5.66. The molecule has 0 N–H and O–H groups in total. The van der Waals surface area contributed by atoms with Crippen LogP contribution in [0.5, 0.6) is 0 Å². The van der Waals surface area contributed by atoms with E-state index in [2.05, 4.69) is 33.3 Å². The predicted molar refractivity (Wildman–Crippen MR) is 74.2 cm³/mol. The molecule has 0 radical (unpaired) electrons. The van der Waals surface area contributed by atoms with Gasteiger partial charge >= 0.3 is 0 Å². The number of likely N-dealkylation sites (tertiary alicyclic amines) is 1. The van der Waals surface area contributed by atoms with E-state index in [1.807, 2.05) is 18.7 Å². The molecule has 0 atom stereocenters. The molecule has 6 nitrogen and oxygen atoms in total. The summed E-state index contributed by atoms with van der Waals surface area (Å²) in [5.41, 5.74) is 2.45. The van der Waals surface area contributed by atoms with Crippen molar-refractivity contribution in [2.75, 3.05) is 13.1 Å². The Morgan fingerprint density at radius 1 is 1.30 bits per heavy atom. The van der Waals surface area contributed by atoms with E-state index >= 15 is 0 Å². The molecule has 1 saturated heterocycles. The number of hydrogen-bond acceptors (Lipinski definition) is 5. The molecular formula is C14H21N5O. The van der Waals surface area contributed by atoms with Crippen molar-refractivity contribution in [3.63, 3.8) is 0 Å². The molecule has 0 amide bonds. The minimum Gasteiger partial charge on any atom is -0.339 e. The van der Waals surface area contributed by atoms with Crippen molar-refractivity contribution in [1.29, 1.82) is 0 Å². The maximum atomic E-state index is 5.28. The van der Waals surface area contributed by atoms with Crippen LogP contribution in [0.15, 0.2) is 10.7 Å². The van der Waals surface area contributed by atoms with Crippen molar-refractivity contribution >= 4 is 0 Å². The van der Waals surface area contributed by atoms with Crippen LogP contribution >= 0.6 is 0 Å². The lowest BCUT2D eigenvalue weighted by Gasteiger charge is -2.29. The Morgan fingerprint density at radius 2 is 2.05 bits per heavy atom. The normalized spacial score (nSPS) is 17.8. The van der Waals surface area contributed by atoms with Gasteiger partial charge in [0, 0.05) is 25.7 Å². The molecule has 0 bridgehead atoms. The molecule has 1 aliphatic heterocycles. The molecule has 1 aliphatic rings. The highest BCUT2D eigenvalue weighted by Crippen LogP contribution is 2.27. The maximum Gasteiger partial charge on any atom is 0.229 e. The van der Waals surface area contributed by atoms with Gasteiger partial charge < -0.3 is 4.52 Å². The van der Waals surface area contributed by atoms with E-state index < -0.39 is 0 Å². The van der Waals surface area contributed by atoms with E-state index in [1.54, 1.807) is 0 Å². The summed E-state index contributed by atoms with van der Waals surface area (Å²) in [6.45, 7) is 7.04. The first-order chi connectivity index (χ1) is 9.61. The molecule has 3 heterocycles. The minimum atomic E-state index is 0.414. The third-order valence-electron chi connectivity index (χ3n) is 3.97. The Morgan fingerprint density at radius 3 is 2.60 bits per heavy atom. The zero-order valence-corrected chi connectivity index (χ0v) is 12.3. The largest absolute Gasteiger partial charge is 0.339 e. The molecule has 6 heteroatoms. The van der Waals surface area contributed by atoms with Crippen molar-refractivity contribution in [3.8, 4) is 0 Å². The zero-order chi connectivity index (χ0) is 14.1. The molecule has 0 spiro atoms. The van der Waals surface area contributed by atoms with Gasteiger partial charge in [0.1, 0.15) is 0 Å². The van der Waals surface area contributed by atoms with Gasteiger partial charge in [-0.25, -0.2) is 0 Å². The maximum absolute atomic E-state index is 5.28. The van der Waals surface area contributed by atoms with Gasteiger partial charge in [0.15, 0.2) is 5.82 Å². The van der Waals surface area contributed by atoms with Crippen LogP contribution in [0.25, 0.3) is 0 Å². The molecule has 0 aromatic carbocycles. The molecule has 2 aromatic heterocycles. The number of nitrogens with zero attached hydrogens (tertiary/aromatic N) is 5. The van der Waals surface area contributed by atoms with Gasteiger partial charge in [0.2, 0.25) is 5.89 Å². The summed E-state index contributed by atoms with van der Waals surface area (Å²) in [4.78, 5) is 6.80. The van der Waals surface area contributed by atoms with Crippen LogP contribution in [0.1, 0.15) is 41.7 Å². The molecule has 2 aromatic rings. The Kier molecular flexibility index (Phi) is 3.56. The fraction of sp³-hybridized carbons (Fsp3) is 0.643. The first-order valence-electron chi connectivity index (χ1n) is 7.13. The molecular weight excluding hydrogens is 254 g/mol. The third-order valence-corrected chi connectivity index (χ3v) is 3.97. The summed E-state index contributed by atoms with van der Waals surface area (Å²) in [6, 6.07) is 0. The van der Waals surface area contributed by atoms with E-state index in [0.717, 1.165) is 44.2 Å². The highest BCUT2D eigenvalue weighted by molar-refractivity contribution is 5.14. The lowest BCUT2D eigenvalue weighted by atomic mass is 9.96. The molecule has 0 saturated carbocycles. The molecule has 3 rings (SSSR count). The Labute approximate surface area is 118 Å². The second kappa shape index (κ2) is 5.36. The van der Waals surface area contributed by atoms with E-state index in [1.165, 1.54) is 11.3 Å². The number of aryl methyl sites for hydroxylation is 3. The van der Waals surface area contributed by atoms with Crippen molar-refractivity contribution in [3.05, 3.63) is 29.2 Å². The molecule has 20 heavy (non-hydrogen) atoms. The van der Waals surface area contributed by atoms with Crippen molar-refractivity contribution in [2.24, 2.45) is 7.05 Å². The van der Waals surface area contributed by atoms with Gasteiger partial charge in [-0.3, -0.25) is 9.58 Å². The van der Waals surface area contributed by atoms with E-state index in [4.69, 9.17) is 4.52 Å². The Hall–Kier alpha value is -1.69. The molecule has 0 unspecified atom stereocenters. The number of hydrogen-bond donors (Lipinski definition) is 0. The smallest absolute Gasteiger partial charge is 0.229 e. The fourth-order valence-electron chi connectivity index (χ4n) is 2.84. The van der Waals surface area contributed by atoms with Gasteiger partial charge in [-0.1, -0.05) is 5.16 Å². The lowest BCUT2D eigenvalue weighted by molar-refractivity contribution is 0.185. The first kappa shape index (κ1) is 13.3. The predicted octanol–water partition coefficient (Wildman–Crippen LogP) is 1.80. The van der Waals surface area contributed by atoms with Crippen LogP contribution in [-0.4, -0.2) is 37.9 Å². The zero-order valence-electron chi connectivity index (χ0n) is 12.3. The van der Waals surface area contributed by atoms with E-state index in [-0.39, 0.29) is 0 Å². The summed E-state index contributed by atoms with van der Waals surface area (Å²) in [6.07, 6.45) is 4.23. The topological polar surface area (TPSA) is 60.0 Å². The lowest BCUT2D eigenvalue weighted by Crippen LogP contribution is -2.32. The summed E-state index contributed by atoms with van der Waals surface area (Å²) >= 11 is 0. The number of rotatable bonds is 3. The van der Waals surface area contributed by atoms with Crippen LogP contribution in [0.4, 0.5) is 0 Å².